The van der Waals surface area contributed by atoms with Crippen molar-refractivity contribution in [3.8, 4) is 22.8 Å². The summed E-state index contributed by atoms with van der Waals surface area (Å²) in [5, 5.41) is 13.2. The normalized spacial score (nSPS) is 11.0. The standard InChI is InChI=1S/C18H13ClN4O2S/c1-11-2-4-12(5-3-11)16-20-15(25-23-16)10-26-18-22-21-17(24-18)13-6-8-14(19)9-7-13/h2-9H,10H2,1H3. The summed E-state index contributed by atoms with van der Waals surface area (Å²) in [6.45, 7) is 2.03. The minimum absolute atomic E-state index is 0.435. The summed E-state index contributed by atoms with van der Waals surface area (Å²) in [6.07, 6.45) is 0. The smallest absolute Gasteiger partial charge is 0.277 e. The second-order valence-electron chi connectivity index (χ2n) is 5.55. The zero-order valence-electron chi connectivity index (χ0n) is 13.7. The minimum Gasteiger partial charge on any atom is -0.411 e. The highest BCUT2D eigenvalue weighted by molar-refractivity contribution is 7.98. The van der Waals surface area contributed by atoms with Crippen LogP contribution in [0.1, 0.15) is 11.5 Å². The van der Waals surface area contributed by atoms with Crippen molar-refractivity contribution in [3.63, 3.8) is 0 Å². The third-order valence-electron chi connectivity index (χ3n) is 3.59. The van der Waals surface area contributed by atoms with Gasteiger partial charge in [-0.1, -0.05) is 58.3 Å². The Morgan fingerprint density at radius 3 is 2.46 bits per heavy atom. The average Bonchev–Trinajstić information content (AvgIpc) is 3.31. The van der Waals surface area contributed by atoms with Crippen LogP contribution in [0, 0.1) is 6.92 Å². The quantitative estimate of drug-likeness (QED) is 0.446. The summed E-state index contributed by atoms with van der Waals surface area (Å²) >= 11 is 7.22. The molecule has 2 aromatic carbocycles. The lowest BCUT2D eigenvalue weighted by molar-refractivity contribution is 0.391. The molecule has 0 unspecified atom stereocenters. The summed E-state index contributed by atoms with van der Waals surface area (Å²) in [7, 11) is 0. The maximum atomic E-state index is 5.88. The Morgan fingerprint density at radius 1 is 0.962 bits per heavy atom. The third kappa shape index (κ3) is 3.79. The minimum atomic E-state index is 0.435. The number of aromatic nitrogens is 4. The third-order valence-corrected chi connectivity index (χ3v) is 4.65. The number of aryl methyl sites for hydroxylation is 1. The molecule has 8 heteroatoms. The Balaban J connectivity index is 1.42. The number of nitrogens with zero attached hydrogens (tertiary/aromatic N) is 4. The predicted molar refractivity (Wildman–Crippen MR) is 98.8 cm³/mol. The first-order chi connectivity index (χ1) is 12.7. The van der Waals surface area contributed by atoms with E-state index in [-0.39, 0.29) is 0 Å². The van der Waals surface area contributed by atoms with Gasteiger partial charge in [0, 0.05) is 16.1 Å². The van der Waals surface area contributed by atoms with Crippen LogP contribution in [-0.4, -0.2) is 20.3 Å². The van der Waals surface area contributed by atoms with Crippen LogP contribution in [0.25, 0.3) is 22.8 Å². The molecule has 26 heavy (non-hydrogen) atoms. The van der Waals surface area contributed by atoms with Gasteiger partial charge in [0.25, 0.3) is 5.22 Å². The van der Waals surface area contributed by atoms with Crippen LogP contribution in [0.3, 0.4) is 0 Å². The Labute approximate surface area is 158 Å². The van der Waals surface area contributed by atoms with E-state index in [1.54, 1.807) is 12.1 Å². The Kier molecular flexibility index (Phi) is 4.73. The largest absolute Gasteiger partial charge is 0.411 e. The average molecular weight is 385 g/mol. The first kappa shape index (κ1) is 16.8. The number of thioether (sulfide) groups is 1. The number of benzene rings is 2. The SMILES string of the molecule is Cc1ccc(-c2noc(CSc3nnc(-c4ccc(Cl)cc4)o3)n2)cc1. The van der Waals surface area contributed by atoms with E-state index < -0.39 is 0 Å². The summed E-state index contributed by atoms with van der Waals surface area (Å²) in [5.41, 5.74) is 2.91. The number of hydrogen-bond donors (Lipinski definition) is 0. The van der Waals surface area contributed by atoms with Gasteiger partial charge in [-0.25, -0.2) is 0 Å². The highest BCUT2D eigenvalue weighted by Crippen LogP contribution is 2.26. The maximum absolute atomic E-state index is 5.88. The van der Waals surface area contributed by atoms with Crippen molar-refractivity contribution in [2.75, 3.05) is 0 Å². The number of halogens is 1. The monoisotopic (exact) mass is 384 g/mol. The molecule has 0 N–H and O–H groups in total. The highest BCUT2D eigenvalue weighted by Gasteiger charge is 2.13. The molecule has 6 nitrogen and oxygen atoms in total. The van der Waals surface area contributed by atoms with E-state index in [2.05, 4.69) is 20.3 Å². The van der Waals surface area contributed by atoms with Gasteiger partial charge in [0.05, 0.1) is 5.75 Å². The highest BCUT2D eigenvalue weighted by atomic mass is 35.5. The van der Waals surface area contributed by atoms with Crippen LogP contribution >= 0.6 is 23.4 Å². The van der Waals surface area contributed by atoms with E-state index in [0.717, 1.165) is 11.1 Å². The van der Waals surface area contributed by atoms with Crippen molar-refractivity contribution >= 4 is 23.4 Å². The lowest BCUT2D eigenvalue weighted by Crippen LogP contribution is -1.83. The second kappa shape index (κ2) is 7.31. The van der Waals surface area contributed by atoms with Gasteiger partial charge < -0.3 is 8.94 Å². The molecule has 0 aliphatic heterocycles. The fraction of sp³-hybridized carbons (Fsp3) is 0.111. The first-order valence-electron chi connectivity index (χ1n) is 7.79. The first-order valence-corrected chi connectivity index (χ1v) is 9.15. The van der Waals surface area contributed by atoms with E-state index in [9.17, 15) is 0 Å². The molecule has 0 fully saturated rings. The molecule has 0 amide bonds. The van der Waals surface area contributed by atoms with Crippen LogP contribution in [0.4, 0.5) is 0 Å². The molecule has 0 atom stereocenters. The van der Waals surface area contributed by atoms with Gasteiger partial charge in [-0.15, -0.1) is 10.2 Å². The molecule has 0 saturated heterocycles. The van der Waals surface area contributed by atoms with Crippen LogP contribution in [0.2, 0.25) is 5.02 Å². The lowest BCUT2D eigenvalue weighted by atomic mass is 10.1. The van der Waals surface area contributed by atoms with Gasteiger partial charge in [0.1, 0.15) is 0 Å². The summed E-state index contributed by atoms with van der Waals surface area (Å²) in [4.78, 5) is 4.40. The van der Waals surface area contributed by atoms with Crippen molar-refractivity contribution in [3.05, 3.63) is 65.0 Å². The van der Waals surface area contributed by atoms with E-state index in [1.165, 1.54) is 17.3 Å². The van der Waals surface area contributed by atoms with Gasteiger partial charge in [-0.3, -0.25) is 0 Å². The molecule has 0 spiro atoms. The molecule has 0 bridgehead atoms. The molecule has 0 aliphatic rings. The number of hydrogen-bond acceptors (Lipinski definition) is 7. The van der Waals surface area contributed by atoms with Gasteiger partial charge in [-0.2, -0.15) is 4.98 Å². The molecule has 0 saturated carbocycles. The van der Waals surface area contributed by atoms with Crippen molar-refractivity contribution in [2.45, 2.75) is 17.9 Å². The fourth-order valence-corrected chi connectivity index (χ4v) is 2.96. The Hall–Kier alpha value is -2.64. The van der Waals surface area contributed by atoms with Gasteiger partial charge in [-0.05, 0) is 31.2 Å². The maximum Gasteiger partial charge on any atom is 0.277 e. The van der Waals surface area contributed by atoms with Crippen LogP contribution in [-0.2, 0) is 5.75 Å². The molecule has 4 rings (SSSR count). The molecule has 2 aromatic heterocycles. The summed E-state index contributed by atoms with van der Waals surface area (Å²) < 4.78 is 10.9. The van der Waals surface area contributed by atoms with Gasteiger partial charge in [0.15, 0.2) is 0 Å². The van der Waals surface area contributed by atoms with Gasteiger partial charge >= 0.3 is 0 Å². The predicted octanol–water partition coefficient (Wildman–Crippen LogP) is 5.04. The van der Waals surface area contributed by atoms with Crippen molar-refractivity contribution in [1.29, 1.82) is 0 Å². The molecular weight excluding hydrogens is 372 g/mol. The summed E-state index contributed by atoms with van der Waals surface area (Å²) in [5.74, 6) is 1.95. The number of rotatable bonds is 5. The van der Waals surface area contributed by atoms with Crippen molar-refractivity contribution < 1.29 is 8.94 Å². The molecular formula is C18H13ClN4O2S. The Morgan fingerprint density at radius 2 is 1.69 bits per heavy atom. The van der Waals surface area contributed by atoms with Crippen molar-refractivity contribution in [1.82, 2.24) is 20.3 Å². The van der Waals surface area contributed by atoms with E-state index in [0.29, 0.717) is 33.6 Å². The van der Waals surface area contributed by atoms with Crippen LogP contribution in [0.15, 0.2) is 62.7 Å². The molecule has 130 valence electrons. The lowest BCUT2D eigenvalue weighted by Gasteiger charge is -1.94. The molecule has 4 aromatic rings. The second-order valence-corrected chi connectivity index (χ2v) is 6.91. The van der Waals surface area contributed by atoms with Crippen LogP contribution in [0.5, 0.6) is 0 Å². The fourth-order valence-electron chi connectivity index (χ4n) is 2.23. The zero-order valence-corrected chi connectivity index (χ0v) is 15.3. The summed E-state index contributed by atoms with van der Waals surface area (Å²) in [6, 6.07) is 15.2. The zero-order chi connectivity index (χ0) is 17.9. The van der Waals surface area contributed by atoms with Crippen molar-refractivity contribution in [2.24, 2.45) is 0 Å². The van der Waals surface area contributed by atoms with Gasteiger partial charge in [0.2, 0.25) is 17.6 Å². The van der Waals surface area contributed by atoms with Crippen LogP contribution < -0.4 is 0 Å². The Bertz CT molecular complexity index is 929. The van der Waals surface area contributed by atoms with E-state index >= 15 is 0 Å². The topological polar surface area (TPSA) is 77.8 Å². The molecule has 2 heterocycles. The molecule has 0 radical (unpaired) electrons. The molecule has 0 aliphatic carbocycles. The van der Waals surface area contributed by atoms with E-state index in [1.807, 2.05) is 43.3 Å². The van der Waals surface area contributed by atoms with E-state index in [4.69, 9.17) is 20.5 Å².